The minimum absolute atomic E-state index is 0.169. The Bertz CT molecular complexity index is 1100. The van der Waals surface area contributed by atoms with E-state index in [2.05, 4.69) is 5.32 Å². The zero-order chi connectivity index (χ0) is 21.5. The smallest absolute Gasteiger partial charge is 0.251 e. The Morgan fingerprint density at radius 2 is 2.00 bits per heavy atom. The number of rotatable bonds is 4. The SMILES string of the molecule is C[C@H]1Cc2cc(C(=O)NCc3cc(Cl)c4c(c3)OCCCO4)ccc2N1S(C)(=O)=O. The topological polar surface area (TPSA) is 84.9 Å². The number of nitrogens with zero attached hydrogens (tertiary/aromatic N) is 1. The number of hydrogen-bond donors (Lipinski definition) is 1. The van der Waals surface area contributed by atoms with Crippen LogP contribution >= 0.6 is 11.6 Å². The van der Waals surface area contributed by atoms with Gasteiger partial charge in [-0.05, 0) is 54.8 Å². The molecular formula is C21H23ClN2O5S. The second kappa shape index (κ2) is 8.00. The zero-order valence-electron chi connectivity index (χ0n) is 16.8. The fourth-order valence-corrected chi connectivity index (χ4v) is 5.47. The number of ether oxygens (including phenoxy) is 2. The predicted molar refractivity (Wildman–Crippen MR) is 115 cm³/mol. The summed E-state index contributed by atoms with van der Waals surface area (Å²) in [6, 6.07) is 8.50. The van der Waals surface area contributed by atoms with Crippen LogP contribution < -0.4 is 19.1 Å². The van der Waals surface area contributed by atoms with Gasteiger partial charge in [0.25, 0.3) is 5.91 Å². The van der Waals surface area contributed by atoms with Gasteiger partial charge in [0.05, 0.1) is 30.2 Å². The molecule has 2 aliphatic rings. The van der Waals surface area contributed by atoms with E-state index in [-0.39, 0.29) is 18.5 Å². The molecule has 2 aromatic carbocycles. The summed E-state index contributed by atoms with van der Waals surface area (Å²) in [6.07, 6.45) is 2.55. The number of sulfonamides is 1. The quantitative estimate of drug-likeness (QED) is 0.773. The number of halogens is 1. The van der Waals surface area contributed by atoms with Crippen molar-refractivity contribution in [1.29, 1.82) is 0 Å². The van der Waals surface area contributed by atoms with Crippen LogP contribution in [0.25, 0.3) is 0 Å². The Kier molecular flexibility index (Phi) is 5.55. The molecule has 30 heavy (non-hydrogen) atoms. The van der Waals surface area contributed by atoms with Gasteiger partial charge in [0.2, 0.25) is 10.0 Å². The molecule has 0 spiro atoms. The third kappa shape index (κ3) is 4.06. The lowest BCUT2D eigenvalue weighted by Gasteiger charge is -2.21. The second-order valence-electron chi connectivity index (χ2n) is 7.59. The highest BCUT2D eigenvalue weighted by Crippen LogP contribution is 2.38. The standard InChI is InChI=1S/C21H23ClN2O5S/c1-13-8-16-11-15(4-5-18(16)24(13)30(2,26)27)21(25)23-12-14-9-17(22)20-19(10-14)28-6-3-7-29-20/h4-5,9-11,13H,3,6-8,12H2,1-2H3,(H,23,25)/t13-/m0/s1. The van der Waals surface area contributed by atoms with Crippen LogP contribution in [0, 0.1) is 0 Å². The molecule has 9 heteroatoms. The van der Waals surface area contributed by atoms with Crippen LogP contribution in [0.15, 0.2) is 30.3 Å². The van der Waals surface area contributed by atoms with Crippen molar-refractivity contribution in [2.75, 3.05) is 23.8 Å². The highest BCUT2D eigenvalue weighted by Gasteiger charge is 2.32. The summed E-state index contributed by atoms with van der Waals surface area (Å²) in [7, 11) is -3.36. The van der Waals surface area contributed by atoms with Gasteiger partial charge in [-0.3, -0.25) is 9.10 Å². The first kappa shape index (κ1) is 20.8. The average Bonchev–Trinajstić information content (AvgIpc) is 2.84. The predicted octanol–water partition coefficient (Wildman–Crippen LogP) is 3.14. The van der Waals surface area contributed by atoms with Crippen LogP contribution in [0.1, 0.15) is 34.8 Å². The van der Waals surface area contributed by atoms with Gasteiger partial charge >= 0.3 is 0 Å². The van der Waals surface area contributed by atoms with Crippen molar-refractivity contribution < 1.29 is 22.7 Å². The Morgan fingerprint density at radius 3 is 2.77 bits per heavy atom. The van der Waals surface area contributed by atoms with Crippen LogP contribution in [0.3, 0.4) is 0 Å². The minimum atomic E-state index is -3.36. The fraction of sp³-hybridized carbons (Fsp3) is 0.381. The van der Waals surface area contributed by atoms with Gasteiger partial charge in [0.15, 0.2) is 11.5 Å². The maximum absolute atomic E-state index is 12.7. The maximum Gasteiger partial charge on any atom is 0.251 e. The number of nitrogens with one attached hydrogen (secondary N) is 1. The fourth-order valence-electron chi connectivity index (χ4n) is 3.92. The number of fused-ring (bicyclic) bond motifs is 2. The second-order valence-corrected chi connectivity index (χ2v) is 9.86. The van der Waals surface area contributed by atoms with E-state index in [0.29, 0.717) is 47.4 Å². The molecule has 1 N–H and O–H groups in total. The minimum Gasteiger partial charge on any atom is -0.489 e. The average molecular weight is 451 g/mol. The molecule has 2 aliphatic heterocycles. The van der Waals surface area contributed by atoms with Gasteiger partial charge in [-0.25, -0.2) is 8.42 Å². The van der Waals surface area contributed by atoms with Crippen LogP contribution in [-0.2, 0) is 23.0 Å². The van der Waals surface area contributed by atoms with E-state index in [4.69, 9.17) is 21.1 Å². The molecule has 2 heterocycles. The molecule has 0 bridgehead atoms. The highest BCUT2D eigenvalue weighted by atomic mass is 35.5. The van der Waals surface area contributed by atoms with Crippen molar-refractivity contribution in [3.05, 3.63) is 52.0 Å². The molecule has 0 radical (unpaired) electrons. The number of benzene rings is 2. The highest BCUT2D eigenvalue weighted by molar-refractivity contribution is 7.92. The molecule has 1 atom stereocenters. The first-order valence-electron chi connectivity index (χ1n) is 9.72. The number of carbonyl (C=O) groups excluding carboxylic acids is 1. The van der Waals surface area contributed by atoms with Crippen LogP contribution in [0.5, 0.6) is 11.5 Å². The number of hydrogen-bond acceptors (Lipinski definition) is 5. The molecule has 0 unspecified atom stereocenters. The third-order valence-electron chi connectivity index (χ3n) is 5.17. The summed E-state index contributed by atoms with van der Waals surface area (Å²) in [6.45, 7) is 3.24. The molecule has 7 nitrogen and oxygen atoms in total. The van der Waals surface area contributed by atoms with Crippen molar-refractivity contribution in [2.24, 2.45) is 0 Å². The van der Waals surface area contributed by atoms with Crippen molar-refractivity contribution in [3.8, 4) is 11.5 Å². The van der Waals surface area contributed by atoms with Gasteiger partial charge < -0.3 is 14.8 Å². The van der Waals surface area contributed by atoms with Crippen molar-refractivity contribution in [1.82, 2.24) is 5.32 Å². The monoisotopic (exact) mass is 450 g/mol. The van der Waals surface area contributed by atoms with Crippen molar-refractivity contribution >= 4 is 33.2 Å². The van der Waals surface area contributed by atoms with E-state index in [0.717, 1.165) is 17.5 Å². The van der Waals surface area contributed by atoms with Crippen molar-refractivity contribution in [3.63, 3.8) is 0 Å². The number of carbonyl (C=O) groups is 1. The Balaban J connectivity index is 1.49. The molecule has 0 fully saturated rings. The molecule has 2 aromatic rings. The molecule has 1 amide bonds. The van der Waals surface area contributed by atoms with E-state index in [1.54, 1.807) is 24.3 Å². The molecule has 0 aliphatic carbocycles. The molecule has 0 saturated carbocycles. The lowest BCUT2D eigenvalue weighted by atomic mass is 10.1. The first-order valence-corrected chi connectivity index (χ1v) is 11.9. The largest absolute Gasteiger partial charge is 0.489 e. The third-order valence-corrected chi connectivity index (χ3v) is 6.72. The summed E-state index contributed by atoms with van der Waals surface area (Å²) in [5.41, 5.74) is 2.77. The van der Waals surface area contributed by atoms with Crippen molar-refractivity contribution in [2.45, 2.75) is 32.4 Å². The van der Waals surface area contributed by atoms with E-state index in [1.165, 1.54) is 10.6 Å². The number of anilines is 1. The molecule has 0 aromatic heterocycles. The van der Waals surface area contributed by atoms with E-state index in [9.17, 15) is 13.2 Å². The van der Waals surface area contributed by atoms with Crippen LogP contribution in [0.4, 0.5) is 5.69 Å². The van der Waals surface area contributed by atoms with Crippen LogP contribution in [-0.4, -0.2) is 39.8 Å². The molecular weight excluding hydrogens is 428 g/mol. The number of amides is 1. The molecule has 0 saturated heterocycles. The summed E-state index contributed by atoms with van der Waals surface area (Å²) >= 11 is 6.31. The summed E-state index contributed by atoms with van der Waals surface area (Å²) in [4.78, 5) is 12.7. The van der Waals surface area contributed by atoms with E-state index >= 15 is 0 Å². The Hall–Kier alpha value is -2.45. The summed E-state index contributed by atoms with van der Waals surface area (Å²) in [5.74, 6) is 0.871. The Labute approximate surface area is 181 Å². The van der Waals surface area contributed by atoms with Gasteiger partial charge in [-0.1, -0.05) is 11.6 Å². The molecule has 160 valence electrons. The lowest BCUT2D eigenvalue weighted by molar-refractivity contribution is 0.0950. The zero-order valence-corrected chi connectivity index (χ0v) is 18.3. The summed E-state index contributed by atoms with van der Waals surface area (Å²) < 4.78 is 36.8. The van der Waals surface area contributed by atoms with Gasteiger partial charge in [0.1, 0.15) is 0 Å². The van der Waals surface area contributed by atoms with Gasteiger partial charge in [0, 0.05) is 24.6 Å². The maximum atomic E-state index is 12.7. The van der Waals surface area contributed by atoms with Gasteiger partial charge in [-0.15, -0.1) is 0 Å². The molecule has 4 rings (SSSR count). The van der Waals surface area contributed by atoms with E-state index < -0.39 is 10.0 Å². The van der Waals surface area contributed by atoms with Gasteiger partial charge in [-0.2, -0.15) is 0 Å². The van der Waals surface area contributed by atoms with Crippen LogP contribution in [0.2, 0.25) is 5.02 Å². The Morgan fingerprint density at radius 1 is 1.23 bits per heavy atom. The first-order chi connectivity index (χ1) is 14.2. The van der Waals surface area contributed by atoms with E-state index in [1.807, 2.05) is 13.0 Å². The summed E-state index contributed by atoms with van der Waals surface area (Å²) in [5, 5.41) is 3.33. The normalized spacial score (nSPS) is 18.0. The lowest BCUT2D eigenvalue weighted by Crippen LogP contribution is -2.34.